The Morgan fingerprint density at radius 1 is 1.33 bits per heavy atom. The van der Waals surface area contributed by atoms with E-state index in [1.165, 1.54) is 11.3 Å². The van der Waals surface area contributed by atoms with Crippen LogP contribution in [0.25, 0.3) is 0 Å². The molecule has 1 aromatic rings. The lowest BCUT2D eigenvalue weighted by Gasteiger charge is -2.20. The maximum absolute atomic E-state index is 11.9. The molecule has 0 aromatic carbocycles. The van der Waals surface area contributed by atoms with Crippen molar-refractivity contribution in [2.75, 3.05) is 0 Å². The normalized spacial score (nSPS) is 13.5. The Hall–Kier alpha value is -1.40. The van der Waals surface area contributed by atoms with Crippen LogP contribution in [-0.2, 0) is 9.59 Å². The second kappa shape index (κ2) is 8.14. The maximum Gasteiger partial charge on any atom is 0.240 e. The summed E-state index contributed by atoms with van der Waals surface area (Å²) in [7, 11) is 0. The summed E-state index contributed by atoms with van der Waals surface area (Å²) >= 11 is 6.94. The molecule has 0 radical (unpaired) electrons. The fourth-order valence-electron chi connectivity index (χ4n) is 1.79. The molecular weight excluding hydrogens is 312 g/mol. The predicted octanol–water partition coefficient (Wildman–Crippen LogP) is 2.38. The van der Waals surface area contributed by atoms with Crippen molar-refractivity contribution in [2.24, 2.45) is 11.7 Å². The first-order valence-corrected chi connectivity index (χ1v) is 7.91. The van der Waals surface area contributed by atoms with E-state index in [1.807, 2.05) is 13.8 Å². The Labute approximate surface area is 132 Å². The minimum absolute atomic E-state index is 0.0224. The number of nitrogens with one attached hydrogen (secondary N) is 1. The monoisotopic (exact) mass is 330 g/mol. The highest BCUT2D eigenvalue weighted by Crippen LogP contribution is 2.22. The van der Waals surface area contributed by atoms with Crippen LogP contribution in [0.5, 0.6) is 0 Å². The Balaban J connectivity index is 2.49. The summed E-state index contributed by atoms with van der Waals surface area (Å²) < 4.78 is 0.536. The number of nitrogens with two attached hydrogens (primary N) is 1. The van der Waals surface area contributed by atoms with Crippen LogP contribution >= 0.6 is 22.9 Å². The largest absolute Gasteiger partial charge is 0.368 e. The lowest BCUT2D eigenvalue weighted by atomic mass is 9.98. The zero-order valence-electron chi connectivity index (χ0n) is 12.0. The topological polar surface area (TPSA) is 89.3 Å². The smallest absolute Gasteiger partial charge is 0.240 e. The summed E-state index contributed by atoms with van der Waals surface area (Å²) in [4.78, 5) is 35.5. The minimum atomic E-state index is -0.700. The zero-order valence-corrected chi connectivity index (χ0v) is 13.6. The number of halogens is 1. The molecule has 0 aliphatic rings. The summed E-state index contributed by atoms with van der Waals surface area (Å²) in [6.07, 6.45) is 0.823. The zero-order chi connectivity index (χ0) is 16.0. The van der Waals surface area contributed by atoms with Gasteiger partial charge in [-0.1, -0.05) is 31.9 Å². The molecule has 0 aliphatic carbocycles. The standard InChI is InChI=1S/C14H19ClN2O3S/c1-3-8(2)13(14(16)20)17-12(19)7-4-9(18)10-5-6-11(15)21-10/h5-6,8,13H,3-4,7H2,1-2H3,(H2,16,20)(H,17,19). The van der Waals surface area contributed by atoms with Gasteiger partial charge < -0.3 is 11.1 Å². The van der Waals surface area contributed by atoms with Gasteiger partial charge >= 0.3 is 0 Å². The van der Waals surface area contributed by atoms with Gasteiger partial charge in [-0.3, -0.25) is 14.4 Å². The molecule has 0 aliphatic heterocycles. The van der Waals surface area contributed by atoms with E-state index in [2.05, 4.69) is 5.32 Å². The van der Waals surface area contributed by atoms with Crippen molar-refractivity contribution < 1.29 is 14.4 Å². The molecule has 0 bridgehead atoms. The Kier molecular flexibility index (Phi) is 6.84. The van der Waals surface area contributed by atoms with E-state index in [1.54, 1.807) is 12.1 Å². The summed E-state index contributed by atoms with van der Waals surface area (Å²) in [5, 5.41) is 2.59. The number of hydrogen-bond acceptors (Lipinski definition) is 4. The van der Waals surface area contributed by atoms with Crippen molar-refractivity contribution in [1.29, 1.82) is 0 Å². The Morgan fingerprint density at radius 2 is 2.00 bits per heavy atom. The number of ketones is 1. The molecule has 1 aromatic heterocycles. The number of Topliss-reactive ketones (excluding diaryl/α,β-unsaturated/α-hetero) is 1. The molecule has 2 atom stereocenters. The van der Waals surface area contributed by atoms with E-state index in [9.17, 15) is 14.4 Å². The van der Waals surface area contributed by atoms with E-state index < -0.39 is 11.9 Å². The van der Waals surface area contributed by atoms with Gasteiger partial charge in [0, 0.05) is 12.8 Å². The second-order valence-electron chi connectivity index (χ2n) is 4.86. The highest BCUT2D eigenvalue weighted by atomic mass is 35.5. The van der Waals surface area contributed by atoms with E-state index in [-0.39, 0.29) is 30.4 Å². The van der Waals surface area contributed by atoms with Crippen LogP contribution in [0.2, 0.25) is 4.34 Å². The quantitative estimate of drug-likeness (QED) is 0.717. The number of amides is 2. The molecule has 21 heavy (non-hydrogen) atoms. The van der Waals surface area contributed by atoms with E-state index in [0.717, 1.165) is 6.42 Å². The van der Waals surface area contributed by atoms with Gasteiger partial charge in [0.25, 0.3) is 0 Å². The van der Waals surface area contributed by atoms with Crippen molar-refractivity contribution in [1.82, 2.24) is 5.32 Å². The third-order valence-electron chi connectivity index (χ3n) is 3.26. The molecule has 0 spiro atoms. The molecule has 1 rings (SSSR count). The number of primary amides is 1. The molecule has 116 valence electrons. The fraction of sp³-hybridized carbons (Fsp3) is 0.500. The predicted molar refractivity (Wildman–Crippen MR) is 83.5 cm³/mol. The summed E-state index contributed by atoms with van der Waals surface area (Å²) in [5.74, 6) is -1.09. The van der Waals surface area contributed by atoms with Gasteiger partial charge in [-0.2, -0.15) is 0 Å². The van der Waals surface area contributed by atoms with Crippen molar-refractivity contribution in [3.05, 3.63) is 21.3 Å². The number of hydrogen-bond donors (Lipinski definition) is 2. The van der Waals surface area contributed by atoms with Gasteiger partial charge in [-0.25, -0.2) is 0 Å². The van der Waals surface area contributed by atoms with Gasteiger partial charge in [-0.05, 0) is 18.1 Å². The van der Waals surface area contributed by atoms with Crippen LogP contribution in [0.4, 0.5) is 0 Å². The number of thiophene rings is 1. The summed E-state index contributed by atoms with van der Waals surface area (Å²) in [5.41, 5.74) is 5.28. The van der Waals surface area contributed by atoms with Gasteiger partial charge in [-0.15, -0.1) is 11.3 Å². The second-order valence-corrected chi connectivity index (χ2v) is 6.58. The first-order valence-electron chi connectivity index (χ1n) is 6.72. The lowest BCUT2D eigenvalue weighted by molar-refractivity contribution is -0.128. The van der Waals surface area contributed by atoms with Gasteiger partial charge in [0.05, 0.1) is 9.21 Å². The van der Waals surface area contributed by atoms with Crippen molar-refractivity contribution >= 4 is 40.5 Å². The minimum Gasteiger partial charge on any atom is -0.368 e. The molecule has 7 heteroatoms. The molecular formula is C14H19ClN2O3S. The van der Waals surface area contributed by atoms with Crippen molar-refractivity contribution in [3.63, 3.8) is 0 Å². The first-order chi connectivity index (χ1) is 9.85. The van der Waals surface area contributed by atoms with Crippen molar-refractivity contribution in [3.8, 4) is 0 Å². The van der Waals surface area contributed by atoms with E-state index in [0.29, 0.717) is 9.21 Å². The SMILES string of the molecule is CCC(C)C(NC(=O)CCC(=O)c1ccc(Cl)s1)C(N)=O. The fourth-order valence-corrected chi connectivity index (χ4v) is 2.80. The number of carbonyl (C=O) groups is 3. The number of rotatable bonds is 8. The Bertz CT molecular complexity index is 530. The van der Waals surface area contributed by atoms with Crippen LogP contribution in [0.15, 0.2) is 12.1 Å². The van der Waals surface area contributed by atoms with E-state index in [4.69, 9.17) is 17.3 Å². The van der Waals surface area contributed by atoms with Crippen LogP contribution in [0.3, 0.4) is 0 Å². The molecule has 0 saturated heterocycles. The molecule has 1 heterocycles. The molecule has 5 nitrogen and oxygen atoms in total. The van der Waals surface area contributed by atoms with Gasteiger partial charge in [0.1, 0.15) is 6.04 Å². The maximum atomic E-state index is 11.9. The Morgan fingerprint density at radius 3 is 2.48 bits per heavy atom. The van der Waals surface area contributed by atoms with E-state index >= 15 is 0 Å². The first kappa shape index (κ1) is 17.7. The van der Waals surface area contributed by atoms with Crippen molar-refractivity contribution in [2.45, 2.75) is 39.2 Å². The average molecular weight is 331 g/mol. The molecule has 0 fully saturated rings. The molecule has 3 N–H and O–H groups in total. The van der Waals surface area contributed by atoms with Gasteiger partial charge in [0.15, 0.2) is 5.78 Å². The molecule has 0 saturated carbocycles. The third kappa shape index (κ3) is 5.47. The third-order valence-corrected chi connectivity index (χ3v) is 4.54. The average Bonchev–Trinajstić information content (AvgIpc) is 2.87. The summed E-state index contributed by atoms with van der Waals surface area (Å²) in [6.45, 7) is 3.76. The van der Waals surface area contributed by atoms with Crippen LogP contribution < -0.4 is 11.1 Å². The van der Waals surface area contributed by atoms with Crippen LogP contribution in [0.1, 0.15) is 42.8 Å². The molecule has 2 unspecified atom stereocenters. The lowest BCUT2D eigenvalue weighted by Crippen LogP contribution is -2.48. The molecule has 2 amide bonds. The number of carbonyl (C=O) groups excluding carboxylic acids is 3. The summed E-state index contributed by atoms with van der Waals surface area (Å²) in [6, 6.07) is 2.58. The van der Waals surface area contributed by atoms with Crippen LogP contribution in [-0.4, -0.2) is 23.6 Å². The van der Waals surface area contributed by atoms with Gasteiger partial charge in [0.2, 0.25) is 11.8 Å². The highest BCUT2D eigenvalue weighted by Gasteiger charge is 2.23. The van der Waals surface area contributed by atoms with Crippen LogP contribution in [0, 0.1) is 5.92 Å². The highest BCUT2D eigenvalue weighted by molar-refractivity contribution is 7.18.